The number of nitrogens with zero attached hydrogens (tertiary/aromatic N) is 2. The number of hydrogen-bond donors (Lipinski definition) is 1. The molecule has 0 aromatic carbocycles. The second kappa shape index (κ2) is 3.30. The lowest BCUT2D eigenvalue weighted by molar-refractivity contribution is 0.221. The predicted molar refractivity (Wildman–Crippen MR) is 48.3 cm³/mol. The lowest BCUT2D eigenvalue weighted by atomic mass is 10.3. The molecule has 0 amide bonds. The average Bonchev–Trinajstić information content (AvgIpc) is 2.49. The highest BCUT2D eigenvalue weighted by Gasteiger charge is 2.13. The molecular formula is C9H13N3O. The first kappa shape index (κ1) is 8.44. The average molecular weight is 179 g/mol. The third-order valence-electron chi connectivity index (χ3n) is 1.88. The molecule has 4 nitrogen and oxygen atoms in total. The molecule has 0 radical (unpaired) electrons. The molecule has 0 atom stereocenters. The second-order valence-electron chi connectivity index (χ2n) is 3.39. The number of ether oxygens (including phenoxy) is 1. The molecule has 0 spiro atoms. The van der Waals surface area contributed by atoms with Crippen molar-refractivity contribution >= 4 is 0 Å². The molecule has 0 unspecified atom stereocenters. The number of nitrogens with one attached hydrogen (secondary N) is 1. The van der Waals surface area contributed by atoms with Crippen molar-refractivity contribution < 1.29 is 4.74 Å². The Morgan fingerprint density at radius 1 is 1.46 bits per heavy atom. The summed E-state index contributed by atoms with van der Waals surface area (Å²) >= 11 is 0. The van der Waals surface area contributed by atoms with E-state index in [0.717, 1.165) is 18.8 Å². The second-order valence-corrected chi connectivity index (χ2v) is 3.39. The molecule has 4 heteroatoms. The molecule has 1 aliphatic heterocycles. The first-order valence-electron chi connectivity index (χ1n) is 4.48. The van der Waals surface area contributed by atoms with Gasteiger partial charge >= 0.3 is 6.01 Å². The van der Waals surface area contributed by atoms with Crippen LogP contribution < -0.4 is 10.1 Å². The van der Waals surface area contributed by atoms with Gasteiger partial charge in [0.2, 0.25) is 0 Å². The smallest absolute Gasteiger partial charge is 0.316 e. The highest BCUT2D eigenvalue weighted by atomic mass is 16.5. The van der Waals surface area contributed by atoms with Crippen molar-refractivity contribution in [1.82, 2.24) is 15.3 Å². The van der Waals surface area contributed by atoms with Gasteiger partial charge in [0.25, 0.3) is 0 Å². The maximum absolute atomic E-state index is 5.39. The standard InChI is InChI=1S/C9H13N3O/c1-6(2)13-9-11-4-7-3-10-5-8(7)12-9/h4,6,10H,3,5H2,1-2H3. The van der Waals surface area contributed by atoms with Gasteiger partial charge in [0.05, 0.1) is 11.8 Å². The topological polar surface area (TPSA) is 47.0 Å². The minimum Gasteiger partial charge on any atom is -0.461 e. The number of aromatic nitrogens is 2. The summed E-state index contributed by atoms with van der Waals surface area (Å²) in [5, 5.41) is 3.21. The van der Waals surface area contributed by atoms with Crippen molar-refractivity contribution in [3.63, 3.8) is 0 Å². The van der Waals surface area contributed by atoms with E-state index in [1.807, 2.05) is 20.0 Å². The zero-order chi connectivity index (χ0) is 9.26. The highest BCUT2D eigenvalue weighted by molar-refractivity contribution is 5.22. The van der Waals surface area contributed by atoms with E-state index < -0.39 is 0 Å². The molecule has 2 rings (SSSR count). The quantitative estimate of drug-likeness (QED) is 0.731. The fourth-order valence-corrected chi connectivity index (χ4v) is 1.31. The lowest BCUT2D eigenvalue weighted by Gasteiger charge is -2.07. The summed E-state index contributed by atoms with van der Waals surface area (Å²) in [6.07, 6.45) is 1.97. The molecule has 13 heavy (non-hydrogen) atoms. The van der Waals surface area contributed by atoms with Crippen LogP contribution in [0.2, 0.25) is 0 Å². The lowest BCUT2D eigenvalue weighted by Crippen LogP contribution is -2.09. The summed E-state index contributed by atoms with van der Waals surface area (Å²) < 4.78 is 5.39. The molecule has 1 aliphatic rings. The molecule has 0 bridgehead atoms. The summed E-state index contributed by atoms with van der Waals surface area (Å²) in [5.74, 6) is 0. The summed E-state index contributed by atoms with van der Waals surface area (Å²) in [5.41, 5.74) is 2.24. The maximum Gasteiger partial charge on any atom is 0.316 e. The molecular weight excluding hydrogens is 166 g/mol. The number of hydrogen-bond acceptors (Lipinski definition) is 4. The number of rotatable bonds is 2. The van der Waals surface area contributed by atoms with E-state index in [4.69, 9.17) is 4.74 Å². The van der Waals surface area contributed by atoms with E-state index in [-0.39, 0.29) is 6.10 Å². The first-order chi connectivity index (χ1) is 6.25. The van der Waals surface area contributed by atoms with Crippen LogP contribution in [0.25, 0.3) is 0 Å². The molecule has 1 aromatic rings. The summed E-state index contributed by atoms with van der Waals surface area (Å²) in [7, 11) is 0. The SMILES string of the molecule is CC(C)Oc1ncc2c(n1)CNC2. The van der Waals surface area contributed by atoms with Gasteiger partial charge < -0.3 is 10.1 Å². The van der Waals surface area contributed by atoms with Gasteiger partial charge in [-0.1, -0.05) is 0 Å². The zero-order valence-corrected chi connectivity index (χ0v) is 7.87. The van der Waals surface area contributed by atoms with Crippen molar-refractivity contribution in [2.24, 2.45) is 0 Å². The summed E-state index contributed by atoms with van der Waals surface area (Å²) in [6.45, 7) is 5.63. The van der Waals surface area contributed by atoms with Crippen molar-refractivity contribution in [2.75, 3.05) is 0 Å². The first-order valence-corrected chi connectivity index (χ1v) is 4.48. The normalized spacial score (nSPS) is 14.7. The van der Waals surface area contributed by atoms with E-state index in [9.17, 15) is 0 Å². The Hall–Kier alpha value is -1.16. The van der Waals surface area contributed by atoms with Gasteiger partial charge in [-0.25, -0.2) is 4.98 Å². The van der Waals surface area contributed by atoms with Crippen LogP contribution in [0.3, 0.4) is 0 Å². The van der Waals surface area contributed by atoms with E-state index in [1.165, 1.54) is 5.56 Å². The van der Waals surface area contributed by atoms with Crippen molar-refractivity contribution in [3.05, 3.63) is 17.5 Å². The minimum atomic E-state index is 0.132. The van der Waals surface area contributed by atoms with Gasteiger partial charge in [-0.15, -0.1) is 0 Å². The van der Waals surface area contributed by atoms with Crippen LogP contribution in [-0.2, 0) is 13.1 Å². The Balaban J connectivity index is 2.21. The molecule has 0 fully saturated rings. The third kappa shape index (κ3) is 1.78. The Labute approximate surface area is 77.4 Å². The van der Waals surface area contributed by atoms with E-state index in [1.54, 1.807) is 0 Å². The number of fused-ring (bicyclic) bond motifs is 1. The van der Waals surface area contributed by atoms with Crippen LogP contribution in [0.15, 0.2) is 6.20 Å². The van der Waals surface area contributed by atoms with Crippen molar-refractivity contribution in [3.8, 4) is 6.01 Å². The highest BCUT2D eigenvalue weighted by Crippen LogP contribution is 2.14. The molecule has 1 N–H and O–H groups in total. The van der Waals surface area contributed by atoms with E-state index in [2.05, 4.69) is 15.3 Å². The molecule has 1 aromatic heterocycles. The van der Waals surface area contributed by atoms with Crippen LogP contribution in [-0.4, -0.2) is 16.1 Å². The van der Waals surface area contributed by atoms with Gasteiger partial charge in [-0.2, -0.15) is 4.98 Å². The van der Waals surface area contributed by atoms with E-state index >= 15 is 0 Å². The van der Waals surface area contributed by atoms with Crippen LogP contribution in [0.4, 0.5) is 0 Å². The summed E-state index contributed by atoms with van der Waals surface area (Å²) in [4.78, 5) is 8.41. The Morgan fingerprint density at radius 2 is 2.31 bits per heavy atom. The maximum atomic E-state index is 5.39. The fraction of sp³-hybridized carbons (Fsp3) is 0.556. The van der Waals surface area contributed by atoms with Gasteiger partial charge in [0.15, 0.2) is 0 Å². The Morgan fingerprint density at radius 3 is 3.08 bits per heavy atom. The largest absolute Gasteiger partial charge is 0.461 e. The molecule has 0 aliphatic carbocycles. The molecule has 0 saturated heterocycles. The third-order valence-corrected chi connectivity index (χ3v) is 1.88. The van der Waals surface area contributed by atoms with Gasteiger partial charge in [-0.3, -0.25) is 0 Å². The summed E-state index contributed by atoms with van der Waals surface area (Å²) in [6, 6.07) is 0.484. The monoisotopic (exact) mass is 179 g/mol. The molecule has 0 saturated carbocycles. The van der Waals surface area contributed by atoms with Crippen LogP contribution in [0, 0.1) is 0 Å². The van der Waals surface area contributed by atoms with Crippen molar-refractivity contribution in [2.45, 2.75) is 33.0 Å². The zero-order valence-electron chi connectivity index (χ0n) is 7.87. The molecule has 70 valence electrons. The Kier molecular flexibility index (Phi) is 2.14. The van der Waals surface area contributed by atoms with Gasteiger partial charge in [-0.05, 0) is 13.8 Å². The fourth-order valence-electron chi connectivity index (χ4n) is 1.31. The van der Waals surface area contributed by atoms with Crippen molar-refractivity contribution in [1.29, 1.82) is 0 Å². The predicted octanol–water partition coefficient (Wildman–Crippen LogP) is 0.867. The van der Waals surface area contributed by atoms with E-state index in [0.29, 0.717) is 6.01 Å². The molecule has 2 heterocycles. The Bertz CT molecular complexity index is 312. The van der Waals surface area contributed by atoms with Gasteiger partial charge in [0.1, 0.15) is 0 Å². The van der Waals surface area contributed by atoms with Gasteiger partial charge in [0, 0.05) is 24.8 Å². The van der Waals surface area contributed by atoms with Crippen LogP contribution in [0.5, 0.6) is 6.01 Å². The minimum absolute atomic E-state index is 0.132. The van der Waals surface area contributed by atoms with Crippen LogP contribution in [0.1, 0.15) is 25.1 Å². The van der Waals surface area contributed by atoms with Crippen LogP contribution >= 0.6 is 0 Å².